The summed E-state index contributed by atoms with van der Waals surface area (Å²) in [6, 6.07) is 9.47. The summed E-state index contributed by atoms with van der Waals surface area (Å²) in [6.07, 6.45) is 6.49. The second-order valence-electron chi connectivity index (χ2n) is 7.11. The van der Waals surface area contributed by atoms with E-state index < -0.39 is 11.3 Å². The third-order valence-electron chi connectivity index (χ3n) is 4.42. The molecular formula is C22H27ClN2O3. The lowest BCUT2D eigenvalue weighted by Crippen LogP contribution is -2.26. The Hall–Kier alpha value is -2.40. The monoisotopic (exact) mass is 402 g/mol. The van der Waals surface area contributed by atoms with Crippen LogP contribution in [0.15, 0.2) is 48.7 Å². The van der Waals surface area contributed by atoms with E-state index in [0.29, 0.717) is 31.0 Å². The van der Waals surface area contributed by atoms with E-state index in [4.69, 9.17) is 16.3 Å². The Kier molecular flexibility index (Phi) is 8.00. The van der Waals surface area contributed by atoms with Crippen LogP contribution in [0.1, 0.15) is 33.6 Å². The first-order valence-electron chi connectivity index (χ1n) is 9.46. The average molecular weight is 403 g/mol. The Morgan fingerprint density at radius 1 is 1.29 bits per heavy atom. The fourth-order valence-corrected chi connectivity index (χ4v) is 2.94. The Morgan fingerprint density at radius 2 is 2.04 bits per heavy atom. The Bertz CT molecular complexity index is 843. The number of halogens is 1. The molecule has 0 bridgehead atoms. The van der Waals surface area contributed by atoms with E-state index in [0.717, 1.165) is 10.9 Å². The van der Waals surface area contributed by atoms with Crippen molar-refractivity contribution < 1.29 is 14.3 Å². The number of carbonyl (C=O) groups excluding carboxylic acids is 2. The summed E-state index contributed by atoms with van der Waals surface area (Å²) >= 11 is 5.83. The quantitative estimate of drug-likeness (QED) is 0.366. The van der Waals surface area contributed by atoms with Crippen molar-refractivity contribution in [3.8, 4) is 0 Å². The zero-order chi connectivity index (χ0) is 20.6. The molecule has 0 aliphatic heterocycles. The number of nitrogens with one attached hydrogen (secondary N) is 1. The molecule has 5 nitrogen and oxygen atoms in total. The highest BCUT2D eigenvalue weighted by Gasteiger charge is 2.27. The van der Waals surface area contributed by atoms with Crippen LogP contribution in [0.5, 0.6) is 0 Å². The van der Waals surface area contributed by atoms with Gasteiger partial charge in [-0.15, -0.1) is 11.6 Å². The first-order valence-corrected chi connectivity index (χ1v) is 9.99. The number of para-hydroxylation sites is 1. The third-order valence-corrected chi connectivity index (χ3v) is 4.69. The third kappa shape index (κ3) is 5.80. The molecule has 0 spiro atoms. The second-order valence-corrected chi connectivity index (χ2v) is 7.49. The highest BCUT2D eigenvalue weighted by molar-refractivity contribution is 6.17. The van der Waals surface area contributed by atoms with Crippen LogP contribution in [-0.4, -0.2) is 29.3 Å². The zero-order valence-electron chi connectivity index (χ0n) is 16.6. The van der Waals surface area contributed by atoms with Gasteiger partial charge in [0.25, 0.3) is 0 Å². The number of hydrogen-bond donors (Lipinski definition) is 1. The summed E-state index contributed by atoms with van der Waals surface area (Å²) in [5, 5.41) is 3.93. The normalized spacial score (nSPS) is 12.9. The van der Waals surface area contributed by atoms with Crippen LogP contribution in [0.25, 0.3) is 10.9 Å². The summed E-state index contributed by atoms with van der Waals surface area (Å²) in [5.74, 6) is -0.416. The molecule has 1 aromatic carbocycles. The number of rotatable bonds is 9. The molecule has 1 aromatic heterocycles. The standard InChI is InChI=1S/C22H27ClN2O3/c1-4-28-21(27)22(2,3)13-12-17(9-6-14-23)20(26)25-18-11-5-8-16-10-7-15-24-19(16)18/h5,7-8,10-13,15,17H,4,6,9,14H2,1-3H3,(H,25,26)/b13-12+. The minimum absolute atomic E-state index is 0.154. The second kappa shape index (κ2) is 10.2. The van der Waals surface area contributed by atoms with Gasteiger partial charge in [0.1, 0.15) is 0 Å². The van der Waals surface area contributed by atoms with Gasteiger partial charge < -0.3 is 10.1 Å². The maximum atomic E-state index is 12.9. The summed E-state index contributed by atoms with van der Waals surface area (Å²) in [4.78, 5) is 29.4. The van der Waals surface area contributed by atoms with Crippen molar-refractivity contribution in [1.82, 2.24) is 4.98 Å². The van der Waals surface area contributed by atoms with Crippen molar-refractivity contribution in [3.05, 3.63) is 48.7 Å². The molecule has 0 aliphatic rings. The van der Waals surface area contributed by atoms with E-state index in [1.807, 2.05) is 30.3 Å². The molecule has 150 valence electrons. The van der Waals surface area contributed by atoms with Gasteiger partial charge in [0.05, 0.1) is 29.1 Å². The van der Waals surface area contributed by atoms with Crippen LogP contribution in [0.3, 0.4) is 0 Å². The summed E-state index contributed by atoms with van der Waals surface area (Å²) in [6.45, 7) is 5.63. The smallest absolute Gasteiger partial charge is 0.315 e. The van der Waals surface area contributed by atoms with E-state index in [-0.39, 0.29) is 11.9 Å². The fraction of sp³-hybridized carbons (Fsp3) is 0.409. The van der Waals surface area contributed by atoms with E-state index >= 15 is 0 Å². The lowest BCUT2D eigenvalue weighted by molar-refractivity contribution is -0.150. The lowest BCUT2D eigenvalue weighted by Gasteiger charge is -2.19. The topological polar surface area (TPSA) is 68.3 Å². The summed E-state index contributed by atoms with van der Waals surface area (Å²) in [7, 11) is 0. The maximum Gasteiger partial charge on any atom is 0.315 e. The molecule has 0 aliphatic carbocycles. The number of fused-ring (bicyclic) bond motifs is 1. The van der Waals surface area contributed by atoms with Crippen LogP contribution in [0.4, 0.5) is 5.69 Å². The van der Waals surface area contributed by atoms with Crippen LogP contribution < -0.4 is 5.32 Å². The van der Waals surface area contributed by atoms with Crippen LogP contribution in [0, 0.1) is 11.3 Å². The Balaban J connectivity index is 2.20. The van der Waals surface area contributed by atoms with Gasteiger partial charge in [0.2, 0.25) is 5.91 Å². The first-order chi connectivity index (χ1) is 13.4. The minimum atomic E-state index is -0.809. The van der Waals surface area contributed by atoms with Gasteiger partial charge in [0, 0.05) is 17.5 Å². The SMILES string of the molecule is CCOC(=O)C(C)(C)/C=C/C(CCCCl)C(=O)Nc1cccc2cccnc12. The Labute approximate surface area is 171 Å². The molecule has 1 N–H and O–H groups in total. The van der Waals surface area contributed by atoms with Crippen molar-refractivity contribution in [2.75, 3.05) is 17.8 Å². The molecule has 0 saturated heterocycles. The summed E-state index contributed by atoms with van der Waals surface area (Å²) in [5.41, 5.74) is 0.596. The molecule has 0 saturated carbocycles. The molecular weight excluding hydrogens is 376 g/mol. The number of carbonyl (C=O) groups is 2. The first kappa shape index (κ1) is 21.9. The molecule has 28 heavy (non-hydrogen) atoms. The van der Waals surface area contributed by atoms with Crippen molar-refractivity contribution in [2.24, 2.45) is 11.3 Å². The van der Waals surface area contributed by atoms with Gasteiger partial charge in [-0.25, -0.2) is 0 Å². The summed E-state index contributed by atoms with van der Waals surface area (Å²) < 4.78 is 5.10. The largest absolute Gasteiger partial charge is 0.465 e. The number of ether oxygens (including phenoxy) is 1. The maximum absolute atomic E-state index is 12.9. The molecule has 1 heterocycles. The molecule has 2 aromatic rings. The molecule has 1 amide bonds. The van der Waals surface area contributed by atoms with Gasteiger partial charge in [-0.05, 0) is 45.7 Å². The predicted octanol–water partition coefficient (Wildman–Crippen LogP) is 4.95. The lowest BCUT2D eigenvalue weighted by atomic mass is 9.90. The number of hydrogen-bond acceptors (Lipinski definition) is 4. The van der Waals surface area contributed by atoms with Crippen LogP contribution >= 0.6 is 11.6 Å². The number of pyridine rings is 1. The number of esters is 1. The Morgan fingerprint density at radius 3 is 2.75 bits per heavy atom. The molecule has 0 fully saturated rings. The van der Waals surface area contributed by atoms with Gasteiger partial charge in [-0.2, -0.15) is 0 Å². The van der Waals surface area contributed by atoms with Gasteiger partial charge >= 0.3 is 5.97 Å². The fourth-order valence-electron chi connectivity index (χ4n) is 2.78. The van der Waals surface area contributed by atoms with Gasteiger partial charge in [-0.3, -0.25) is 14.6 Å². The molecule has 1 unspecified atom stereocenters. The van der Waals surface area contributed by atoms with Crippen molar-refractivity contribution in [1.29, 1.82) is 0 Å². The molecule has 2 rings (SSSR count). The van der Waals surface area contributed by atoms with E-state index in [9.17, 15) is 9.59 Å². The van der Waals surface area contributed by atoms with E-state index in [1.54, 1.807) is 39.1 Å². The number of alkyl halides is 1. The number of amides is 1. The molecule has 0 radical (unpaired) electrons. The van der Waals surface area contributed by atoms with Gasteiger partial charge in [-0.1, -0.05) is 30.4 Å². The van der Waals surface area contributed by atoms with Crippen LogP contribution in [-0.2, 0) is 14.3 Å². The molecule has 6 heteroatoms. The average Bonchev–Trinajstić information content (AvgIpc) is 2.68. The number of nitrogens with zero attached hydrogens (tertiary/aromatic N) is 1. The minimum Gasteiger partial charge on any atom is -0.465 e. The van der Waals surface area contributed by atoms with Crippen LogP contribution in [0.2, 0.25) is 0 Å². The van der Waals surface area contributed by atoms with Gasteiger partial charge in [0.15, 0.2) is 0 Å². The van der Waals surface area contributed by atoms with E-state index in [2.05, 4.69) is 10.3 Å². The zero-order valence-corrected chi connectivity index (χ0v) is 17.3. The van der Waals surface area contributed by atoms with Crippen molar-refractivity contribution in [2.45, 2.75) is 33.6 Å². The molecule has 1 atom stereocenters. The van der Waals surface area contributed by atoms with Crippen molar-refractivity contribution >= 4 is 40.1 Å². The highest BCUT2D eigenvalue weighted by Crippen LogP contribution is 2.24. The highest BCUT2D eigenvalue weighted by atomic mass is 35.5. The number of aromatic nitrogens is 1. The van der Waals surface area contributed by atoms with Crippen molar-refractivity contribution in [3.63, 3.8) is 0 Å². The number of anilines is 1. The number of benzene rings is 1. The predicted molar refractivity (Wildman–Crippen MR) is 113 cm³/mol. The van der Waals surface area contributed by atoms with E-state index in [1.165, 1.54) is 0 Å².